The molecular weight excluding hydrogens is 270 g/mol. The van der Waals surface area contributed by atoms with Gasteiger partial charge in [0.1, 0.15) is 0 Å². The van der Waals surface area contributed by atoms with Crippen molar-refractivity contribution in [1.82, 2.24) is 15.2 Å². The molecule has 1 aromatic rings. The standard InChI is InChI=1S/C11H15N3O4S/c15-10(16)3-8-6-14(1-2-18-8)11(17)13-5-9-4-12-7-19-9/h4,7-8H,1-3,5-6H2,(H,13,17)(H,15,16). The number of aromatic nitrogens is 1. The molecule has 0 spiro atoms. The predicted molar refractivity (Wildman–Crippen MR) is 67.9 cm³/mol. The number of carboxylic acid groups (broad SMARTS) is 1. The van der Waals surface area contributed by atoms with Crippen LogP contribution in [0.15, 0.2) is 11.7 Å². The Labute approximate surface area is 114 Å². The number of ether oxygens (including phenoxy) is 1. The van der Waals surface area contributed by atoms with E-state index in [2.05, 4.69) is 10.3 Å². The monoisotopic (exact) mass is 285 g/mol. The van der Waals surface area contributed by atoms with E-state index >= 15 is 0 Å². The molecule has 1 fully saturated rings. The molecule has 2 amide bonds. The number of hydrogen-bond acceptors (Lipinski definition) is 5. The van der Waals surface area contributed by atoms with Crippen LogP contribution in [0.5, 0.6) is 0 Å². The number of carbonyl (C=O) groups excluding carboxylic acids is 1. The van der Waals surface area contributed by atoms with E-state index in [-0.39, 0.29) is 12.5 Å². The molecule has 2 heterocycles. The number of morpholine rings is 1. The zero-order chi connectivity index (χ0) is 13.7. The average molecular weight is 285 g/mol. The quantitative estimate of drug-likeness (QED) is 0.842. The molecule has 1 saturated heterocycles. The van der Waals surface area contributed by atoms with Crippen molar-refractivity contribution in [1.29, 1.82) is 0 Å². The number of urea groups is 1. The maximum absolute atomic E-state index is 11.9. The molecule has 0 aliphatic carbocycles. The molecule has 2 rings (SSSR count). The van der Waals surface area contributed by atoms with Crippen molar-refractivity contribution in [2.24, 2.45) is 0 Å². The lowest BCUT2D eigenvalue weighted by atomic mass is 10.2. The first kappa shape index (κ1) is 13.8. The predicted octanol–water partition coefficient (Wildman–Crippen LogP) is 0.528. The lowest BCUT2D eigenvalue weighted by Crippen LogP contribution is -2.49. The van der Waals surface area contributed by atoms with Gasteiger partial charge in [0.05, 0.1) is 31.2 Å². The van der Waals surface area contributed by atoms with Crippen LogP contribution in [0.4, 0.5) is 4.79 Å². The fourth-order valence-electron chi connectivity index (χ4n) is 1.83. The Morgan fingerprint density at radius 3 is 3.16 bits per heavy atom. The van der Waals surface area contributed by atoms with Crippen molar-refractivity contribution in [3.05, 3.63) is 16.6 Å². The Bertz CT molecular complexity index is 437. The minimum atomic E-state index is -0.920. The molecular formula is C11H15N3O4S. The van der Waals surface area contributed by atoms with Crippen LogP contribution in [0.2, 0.25) is 0 Å². The summed E-state index contributed by atoms with van der Waals surface area (Å²) in [6.45, 7) is 1.59. The molecule has 19 heavy (non-hydrogen) atoms. The van der Waals surface area contributed by atoms with E-state index in [0.717, 1.165) is 4.88 Å². The van der Waals surface area contributed by atoms with Gasteiger partial charge in [-0.05, 0) is 0 Å². The minimum absolute atomic E-state index is 0.0847. The maximum atomic E-state index is 11.9. The second kappa shape index (κ2) is 6.48. The molecule has 0 saturated carbocycles. The van der Waals surface area contributed by atoms with Gasteiger partial charge in [-0.15, -0.1) is 11.3 Å². The molecule has 1 aromatic heterocycles. The first-order chi connectivity index (χ1) is 9.15. The summed E-state index contributed by atoms with van der Waals surface area (Å²) in [7, 11) is 0. The van der Waals surface area contributed by atoms with Gasteiger partial charge >= 0.3 is 12.0 Å². The Morgan fingerprint density at radius 1 is 1.63 bits per heavy atom. The van der Waals surface area contributed by atoms with Gasteiger partial charge in [-0.3, -0.25) is 9.78 Å². The van der Waals surface area contributed by atoms with Crippen LogP contribution in [-0.4, -0.2) is 52.8 Å². The summed E-state index contributed by atoms with van der Waals surface area (Å²) >= 11 is 1.47. The highest BCUT2D eigenvalue weighted by atomic mass is 32.1. The van der Waals surface area contributed by atoms with Crippen LogP contribution < -0.4 is 5.32 Å². The Morgan fingerprint density at radius 2 is 2.47 bits per heavy atom. The van der Waals surface area contributed by atoms with E-state index < -0.39 is 12.1 Å². The van der Waals surface area contributed by atoms with Crippen molar-refractivity contribution in [3.8, 4) is 0 Å². The second-order valence-electron chi connectivity index (χ2n) is 4.16. The normalized spacial score (nSPS) is 19.2. The lowest BCUT2D eigenvalue weighted by molar-refractivity contribution is -0.141. The third kappa shape index (κ3) is 4.18. The van der Waals surface area contributed by atoms with Crippen LogP contribution in [0.3, 0.4) is 0 Å². The van der Waals surface area contributed by atoms with Gasteiger partial charge < -0.3 is 20.1 Å². The highest BCUT2D eigenvalue weighted by molar-refractivity contribution is 7.09. The van der Waals surface area contributed by atoms with Gasteiger partial charge in [0.15, 0.2) is 0 Å². The van der Waals surface area contributed by atoms with Gasteiger partial charge in [0.2, 0.25) is 0 Å². The number of carboxylic acids is 1. The maximum Gasteiger partial charge on any atom is 0.317 e. The average Bonchev–Trinajstić information content (AvgIpc) is 2.88. The molecule has 0 bridgehead atoms. The van der Waals surface area contributed by atoms with Gasteiger partial charge in [-0.25, -0.2) is 4.79 Å². The van der Waals surface area contributed by atoms with Gasteiger partial charge in [-0.1, -0.05) is 0 Å². The molecule has 1 aliphatic rings. The van der Waals surface area contributed by atoms with Crippen molar-refractivity contribution < 1.29 is 19.4 Å². The number of carbonyl (C=O) groups is 2. The Kier molecular flexibility index (Phi) is 4.69. The highest BCUT2D eigenvalue weighted by Crippen LogP contribution is 2.10. The first-order valence-electron chi connectivity index (χ1n) is 5.88. The van der Waals surface area contributed by atoms with Crippen molar-refractivity contribution in [2.45, 2.75) is 19.1 Å². The fourth-order valence-corrected chi connectivity index (χ4v) is 2.36. The smallest absolute Gasteiger partial charge is 0.317 e. The zero-order valence-corrected chi connectivity index (χ0v) is 11.1. The van der Waals surface area contributed by atoms with Crippen LogP contribution in [0.25, 0.3) is 0 Å². The molecule has 0 aromatic carbocycles. The molecule has 1 atom stereocenters. The summed E-state index contributed by atoms with van der Waals surface area (Å²) in [5.74, 6) is -0.920. The van der Waals surface area contributed by atoms with E-state index in [1.54, 1.807) is 16.6 Å². The second-order valence-corrected chi connectivity index (χ2v) is 5.13. The molecule has 104 valence electrons. The topological polar surface area (TPSA) is 91.8 Å². The van der Waals surface area contributed by atoms with Crippen LogP contribution >= 0.6 is 11.3 Å². The lowest BCUT2D eigenvalue weighted by Gasteiger charge is -2.32. The van der Waals surface area contributed by atoms with Gasteiger partial charge in [0.25, 0.3) is 0 Å². The Hall–Kier alpha value is -1.67. The summed E-state index contributed by atoms with van der Waals surface area (Å²) in [5.41, 5.74) is 1.71. The van der Waals surface area contributed by atoms with E-state index in [9.17, 15) is 9.59 Å². The van der Waals surface area contributed by atoms with Crippen molar-refractivity contribution >= 4 is 23.3 Å². The molecule has 1 unspecified atom stereocenters. The minimum Gasteiger partial charge on any atom is -0.481 e. The van der Waals surface area contributed by atoms with Crippen LogP contribution in [-0.2, 0) is 16.1 Å². The van der Waals surface area contributed by atoms with Crippen molar-refractivity contribution in [2.75, 3.05) is 19.7 Å². The number of amides is 2. The van der Waals surface area contributed by atoms with E-state index in [1.165, 1.54) is 11.3 Å². The van der Waals surface area contributed by atoms with Crippen molar-refractivity contribution in [3.63, 3.8) is 0 Å². The summed E-state index contributed by atoms with van der Waals surface area (Å²) in [5, 5.41) is 11.5. The summed E-state index contributed by atoms with van der Waals surface area (Å²) in [6, 6.07) is -0.202. The molecule has 8 heteroatoms. The van der Waals surface area contributed by atoms with Crippen LogP contribution in [0.1, 0.15) is 11.3 Å². The largest absolute Gasteiger partial charge is 0.481 e. The Balaban J connectivity index is 1.79. The number of hydrogen-bond donors (Lipinski definition) is 2. The highest BCUT2D eigenvalue weighted by Gasteiger charge is 2.25. The number of thiazole rings is 1. The fraction of sp³-hybridized carbons (Fsp3) is 0.545. The zero-order valence-electron chi connectivity index (χ0n) is 10.2. The molecule has 2 N–H and O–H groups in total. The number of rotatable bonds is 4. The SMILES string of the molecule is O=C(O)CC1CN(C(=O)NCc2cncs2)CCO1. The number of nitrogens with zero attached hydrogens (tertiary/aromatic N) is 2. The van der Waals surface area contributed by atoms with Gasteiger partial charge in [-0.2, -0.15) is 0 Å². The summed E-state index contributed by atoms with van der Waals surface area (Å²) in [4.78, 5) is 29.0. The van der Waals surface area contributed by atoms with Gasteiger partial charge in [0, 0.05) is 24.2 Å². The van der Waals surface area contributed by atoms with E-state index in [0.29, 0.717) is 26.2 Å². The summed E-state index contributed by atoms with van der Waals surface area (Å²) in [6.07, 6.45) is 1.19. The molecule has 0 radical (unpaired) electrons. The molecule has 7 nitrogen and oxygen atoms in total. The first-order valence-corrected chi connectivity index (χ1v) is 6.76. The number of nitrogens with one attached hydrogen (secondary N) is 1. The van der Waals surface area contributed by atoms with E-state index in [4.69, 9.17) is 9.84 Å². The third-order valence-electron chi connectivity index (χ3n) is 2.73. The summed E-state index contributed by atoms with van der Waals surface area (Å²) < 4.78 is 5.31. The molecule has 1 aliphatic heterocycles. The third-order valence-corrected chi connectivity index (χ3v) is 3.51. The van der Waals surface area contributed by atoms with Crippen LogP contribution in [0, 0.1) is 0 Å². The van der Waals surface area contributed by atoms with E-state index in [1.807, 2.05) is 0 Å². The number of aliphatic carboxylic acids is 1.